The Hall–Kier alpha value is -1.11. The summed E-state index contributed by atoms with van der Waals surface area (Å²) in [5.74, 6) is 0.698. The van der Waals surface area contributed by atoms with Gasteiger partial charge in [0, 0.05) is 13.1 Å². The fraction of sp³-hybridized carbons (Fsp3) is 0.571. The van der Waals surface area contributed by atoms with Gasteiger partial charge in [-0.3, -0.25) is 0 Å². The molecule has 1 aromatic carbocycles. The van der Waals surface area contributed by atoms with Gasteiger partial charge in [0.25, 0.3) is 0 Å². The van der Waals surface area contributed by atoms with E-state index >= 15 is 0 Å². The topological polar surface area (TPSA) is 75.4 Å². The van der Waals surface area contributed by atoms with Crippen molar-refractivity contribution >= 4 is 15.7 Å². The molecule has 0 saturated carbocycles. The largest absolute Gasteiger partial charge is 0.384 e. The number of likely N-dealkylation sites (tertiary alicyclic amines) is 1. The normalized spacial score (nSPS) is 20.2. The van der Waals surface area contributed by atoms with Crippen LogP contribution in [0.3, 0.4) is 0 Å². The van der Waals surface area contributed by atoms with Gasteiger partial charge in [0.15, 0.2) is 0 Å². The quantitative estimate of drug-likeness (QED) is 0.834. The summed E-state index contributed by atoms with van der Waals surface area (Å²) < 4.78 is 23.0. The van der Waals surface area contributed by atoms with Gasteiger partial charge < -0.3 is 10.2 Å². The molecule has 0 unspecified atom stereocenters. The first kappa shape index (κ1) is 15.3. The summed E-state index contributed by atoms with van der Waals surface area (Å²) in [4.78, 5) is 2.62. The first-order valence-electron chi connectivity index (χ1n) is 7.08. The molecule has 1 aliphatic heterocycles. The molecule has 0 aliphatic carbocycles. The third-order valence-corrected chi connectivity index (χ3v) is 4.85. The Balaban J connectivity index is 1.89. The Bertz CT molecular complexity index is 545. The molecule has 1 heterocycles. The van der Waals surface area contributed by atoms with Crippen LogP contribution in [0.1, 0.15) is 19.8 Å². The van der Waals surface area contributed by atoms with Crippen LogP contribution in [0, 0.1) is 5.92 Å². The molecule has 6 heteroatoms. The lowest BCUT2D eigenvalue weighted by Gasteiger charge is -2.14. The highest BCUT2D eigenvalue weighted by Gasteiger charge is 2.20. The van der Waals surface area contributed by atoms with Crippen molar-refractivity contribution in [1.29, 1.82) is 0 Å². The van der Waals surface area contributed by atoms with Crippen LogP contribution >= 0.6 is 0 Å². The maximum atomic E-state index is 11.5. The van der Waals surface area contributed by atoms with E-state index in [9.17, 15) is 8.42 Å². The number of nitrogens with zero attached hydrogens (tertiary/aromatic N) is 1. The van der Waals surface area contributed by atoms with Crippen LogP contribution in [0.2, 0.25) is 0 Å². The second-order valence-corrected chi connectivity index (χ2v) is 6.83. The summed E-state index contributed by atoms with van der Waals surface area (Å²) in [6.45, 7) is 6.39. The van der Waals surface area contributed by atoms with Gasteiger partial charge in [0.2, 0.25) is 10.0 Å². The molecular weight excluding hydrogens is 274 g/mol. The number of hydrogen-bond donors (Lipinski definition) is 2. The number of sulfonamides is 1. The van der Waals surface area contributed by atoms with Crippen molar-refractivity contribution in [3.8, 4) is 0 Å². The van der Waals surface area contributed by atoms with E-state index in [0.29, 0.717) is 11.6 Å². The van der Waals surface area contributed by atoms with E-state index in [2.05, 4.69) is 17.1 Å². The number of benzene rings is 1. The summed E-state index contributed by atoms with van der Waals surface area (Å²) in [6, 6.07) is 6.78. The predicted octanol–water partition coefficient (Wildman–Crippen LogP) is 1.48. The molecule has 1 aromatic rings. The van der Waals surface area contributed by atoms with Gasteiger partial charge in [0.05, 0.1) is 5.69 Å². The number of hydrogen-bond acceptors (Lipinski definition) is 4. The Morgan fingerprint density at radius 2 is 2.15 bits per heavy atom. The highest BCUT2D eigenvalue weighted by atomic mass is 32.2. The molecule has 0 aromatic heterocycles. The lowest BCUT2D eigenvalue weighted by Crippen LogP contribution is -2.20. The van der Waals surface area contributed by atoms with Gasteiger partial charge in [0.1, 0.15) is 4.90 Å². The maximum absolute atomic E-state index is 11.5. The van der Waals surface area contributed by atoms with E-state index in [1.54, 1.807) is 12.1 Å². The first-order chi connectivity index (χ1) is 9.50. The standard InChI is InChI=1S/C14H23N3O2S/c1-2-17-10-8-12(11-17)7-9-16-13-5-3-4-6-14(13)20(15,18)19/h3-6,12,16H,2,7-11H2,1H3,(H2,15,18,19)/t12-/m1/s1. The van der Waals surface area contributed by atoms with Gasteiger partial charge in [-0.2, -0.15) is 0 Å². The molecule has 1 atom stereocenters. The molecule has 0 radical (unpaired) electrons. The zero-order valence-corrected chi connectivity index (χ0v) is 12.7. The van der Waals surface area contributed by atoms with E-state index < -0.39 is 10.0 Å². The van der Waals surface area contributed by atoms with Crippen molar-refractivity contribution in [2.45, 2.75) is 24.7 Å². The molecular formula is C14H23N3O2S. The van der Waals surface area contributed by atoms with Crippen LogP contribution in [0.25, 0.3) is 0 Å². The fourth-order valence-corrected chi connectivity index (χ4v) is 3.42. The minimum Gasteiger partial charge on any atom is -0.384 e. The Kier molecular flexibility index (Phi) is 5.01. The van der Waals surface area contributed by atoms with E-state index in [1.807, 2.05) is 6.07 Å². The van der Waals surface area contributed by atoms with Crippen LogP contribution in [0.15, 0.2) is 29.2 Å². The number of nitrogens with one attached hydrogen (secondary N) is 1. The summed E-state index contributed by atoms with van der Waals surface area (Å²) in [7, 11) is -3.67. The van der Waals surface area contributed by atoms with Crippen LogP contribution in [0.4, 0.5) is 5.69 Å². The molecule has 0 spiro atoms. The third-order valence-electron chi connectivity index (χ3n) is 3.88. The molecule has 1 aliphatic rings. The smallest absolute Gasteiger partial charge is 0.240 e. The number of primary sulfonamides is 1. The van der Waals surface area contributed by atoms with Crippen LogP contribution in [0.5, 0.6) is 0 Å². The molecule has 0 amide bonds. The second-order valence-electron chi connectivity index (χ2n) is 5.30. The highest BCUT2D eigenvalue weighted by molar-refractivity contribution is 7.89. The van der Waals surface area contributed by atoms with Gasteiger partial charge >= 0.3 is 0 Å². The Morgan fingerprint density at radius 1 is 1.40 bits per heavy atom. The zero-order valence-electron chi connectivity index (χ0n) is 11.9. The second kappa shape index (κ2) is 6.56. The van der Waals surface area contributed by atoms with Gasteiger partial charge in [-0.25, -0.2) is 13.6 Å². The lowest BCUT2D eigenvalue weighted by molar-refractivity contribution is 0.339. The highest BCUT2D eigenvalue weighted by Crippen LogP contribution is 2.22. The number of nitrogens with two attached hydrogens (primary N) is 1. The van der Waals surface area contributed by atoms with Crippen molar-refractivity contribution < 1.29 is 8.42 Å². The van der Waals surface area contributed by atoms with E-state index in [1.165, 1.54) is 19.0 Å². The van der Waals surface area contributed by atoms with Crippen LogP contribution in [-0.2, 0) is 10.0 Å². The summed E-state index contributed by atoms with van der Waals surface area (Å²) in [6.07, 6.45) is 2.28. The summed E-state index contributed by atoms with van der Waals surface area (Å²) >= 11 is 0. The molecule has 20 heavy (non-hydrogen) atoms. The predicted molar refractivity (Wildman–Crippen MR) is 81.1 cm³/mol. The van der Waals surface area contributed by atoms with E-state index in [4.69, 9.17) is 5.14 Å². The van der Waals surface area contributed by atoms with Crippen LogP contribution < -0.4 is 10.5 Å². The molecule has 112 valence electrons. The lowest BCUT2D eigenvalue weighted by atomic mass is 10.1. The summed E-state index contributed by atoms with van der Waals surface area (Å²) in [5, 5.41) is 8.42. The maximum Gasteiger partial charge on any atom is 0.240 e. The van der Waals surface area contributed by atoms with Gasteiger partial charge in [-0.1, -0.05) is 19.1 Å². The Labute approximate surface area is 121 Å². The number of anilines is 1. The fourth-order valence-electron chi connectivity index (χ4n) is 2.71. The number of rotatable bonds is 6. The average Bonchev–Trinajstić information content (AvgIpc) is 2.86. The van der Waals surface area contributed by atoms with Crippen molar-refractivity contribution in [2.24, 2.45) is 11.1 Å². The van der Waals surface area contributed by atoms with Crippen molar-refractivity contribution in [2.75, 3.05) is 31.5 Å². The third kappa shape index (κ3) is 3.94. The summed E-state index contributed by atoms with van der Waals surface area (Å²) in [5.41, 5.74) is 0.598. The molecule has 3 N–H and O–H groups in total. The van der Waals surface area contributed by atoms with E-state index in [0.717, 1.165) is 26.1 Å². The zero-order chi connectivity index (χ0) is 14.6. The van der Waals surface area contributed by atoms with E-state index in [-0.39, 0.29) is 4.90 Å². The minimum atomic E-state index is -3.67. The first-order valence-corrected chi connectivity index (χ1v) is 8.63. The average molecular weight is 297 g/mol. The molecule has 1 saturated heterocycles. The van der Waals surface area contributed by atoms with Crippen molar-refractivity contribution in [1.82, 2.24) is 4.90 Å². The monoisotopic (exact) mass is 297 g/mol. The SMILES string of the molecule is CCN1CC[C@@H](CCNc2ccccc2S(N)(=O)=O)C1. The Morgan fingerprint density at radius 3 is 2.80 bits per heavy atom. The van der Waals surface area contributed by atoms with Crippen LogP contribution in [-0.4, -0.2) is 39.5 Å². The molecule has 2 rings (SSSR count). The molecule has 1 fully saturated rings. The van der Waals surface area contributed by atoms with Gasteiger partial charge in [-0.15, -0.1) is 0 Å². The van der Waals surface area contributed by atoms with Crippen molar-refractivity contribution in [3.63, 3.8) is 0 Å². The van der Waals surface area contributed by atoms with Gasteiger partial charge in [-0.05, 0) is 44.0 Å². The molecule has 5 nitrogen and oxygen atoms in total. The van der Waals surface area contributed by atoms with Crippen molar-refractivity contribution in [3.05, 3.63) is 24.3 Å². The number of para-hydroxylation sites is 1. The minimum absolute atomic E-state index is 0.168. The molecule has 0 bridgehead atoms.